The summed E-state index contributed by atoms with van der Waals surface area (Å²) in [5, 5.41) is 5.02. The smallest absolute Gasteiger partial charge is 0.267 e. The number of nitrogens with zero attached hydrogens (tertiary/aromatic N) is 5. The van der Waals surface area contributed by atoms with Crippen LogP contribution < -0.4 is 11.2 Å². The van der Waals surface area contributed by atoms with Gasteiger partial charge >= 0.3 is 11.9 Å². The van der Waals surface area contributed by atoms with E-state index in [0.717, 1.165) is 27.0 Å². The Morgan fingerprint density at radius 2 is 1.51 bits per heavy atom. The zero-order chi connectivity index (χ0) is 26.5. The summed E-state index contributed by atoms with van der Waals surface area (Å²) in [5.74, 6) is 0. The number of hydrogen-bond acceptors (Lipinski definition) is 4. The summed E-state index contributed by atoms with van der Waals surface area (Å²) >= 11 is 6.06. The van der Waals surface area contributed by atoms with Crippen LogP contribution in [-0.2, 0) is 19.8 Å². The van der Waals surface area contributed by atoms with Gasteiger partial charge in [-0.15, -0.1) is 5.10 Å². The van der Waals surface area contributed by atoms with Crippen LogP contribution in [-0.4, -0.2) is 24.0 Å². The second-order valence-electron chi connectivity index (χ2n) is 8.58. The molecule has 0 saturated heterocycles. The van der Waals surface area contributed by atoms with E-state index >= 15 is 0 Å². The van der Waals surface area contributed by atoms with Crippen LogP contribution in [0.4, 0.5) is 13.2 Å². The number of fused-ring (bicyclic) bond motifs is 1. The van der Waals surface area contributed by atoms with Crippen LogP contribution in [0.25, 0.3) is 27.9 Å². The molecule has 0 fully saturated rings. The number of rotatable bonds is 4. The predicted molar refractivity (Wildman–Crippen MR) is 134 cm³/mol. The third-order valence-electron chi connectivity index (χ3n) is 6.02. The molecule has 0 bridgehead atoms. The Morgan fingerprint density at radius 1 is 0.892 bits per heavy atom. The number of hydrogen-bond donors (Lipinski definition) is 0. The van der Waals surface area contributed by atoms with Gasteiger partial charge < -0.3 is 0 Å². The van der Waals surface area contributed by atoms with E-state index in [4.69, 9.17) is 11.6 Å². The molecular formula is C26H19ClF3N5O2. The van der Waals surface area contributed by atoms with Gasteiger partial charge in [0.2, 0.25) is 0 Å². The van der Waals surface area contributed by atoms with E-state index in [9.17, 15) is 22.8 Å². The van der Waals surface area contributed by atoms with Crippen molar-refractivity contribution in [1.82, 2.24) is 24.0 Å². The van der Waals surface area contributed by atoms with Gasteiger partial charge in [0, 0.05) is 23.8 Å². The van der Waals surface area contributed by atoms with Crippen molar-refractivity contribution < 1.29 is 13.2 Å². The first-order valence-corrected chi connectivity index (χ1v) is 11.5. The van der Waals surface area contributed by atoms with Gasteiger partial charge in [-0.1, -0.05) is 59.6 Å². The van der Waals surface area contributed by atoms with Crippen LogP contribution in [0.1, 0.15) is 16.8 Å². The third-order valence-corrected chi connectivity index (χ3v) is 6.27. The zero-order valence-electron chi connectivity index (χ0n) is 19.6. The van der Waals surface area contributed by atoms with E-state index in [0.29, 0.717) is 32.8 Å². The lowest BCUT2D eigenvalue weighted by atomic mass is 9.96. The first kappa shape index (κ1) is 24.5. The van der Waals surface area contributed by atoms with Crippen molar-refractivity contribution in [2.45, 2.75) is 19.6 Å². The second-order valence-corrected chi connectivity index (χ2v) is 9.01. The number of halogens is 4. The maximum absolute atomic E-state index is 13.6. The monoisotopic (exact) mass is 525 g/mol. The molecule has 7 nitrogen and oxygen atoms in total. The van der Waals surface area contributed by atoms with E-state index in [1.165, 1.54) is 17.8 Å². The molecule has 0 aliphatic carbocycles. The van der Waals surface area contributed by atoms with Gasteiger partial charge in [0.1, 0.15) is 5.69 Å². The quantitative estimate of drug-likeness (QED) is 0.333. The predicted octanol–water partition coefficient (Wildman–Crippen LogP) is 4.95. The van der Waals surface area contributed by atoms with Crippen molar-refractivity contribution >= 4 is 17.2 Å². The molecule has 0 radical (unpaired) electrons. The highest BCUT2D eigenvalue weighted by Crippen LogP contribution is 2.33. The van der Waals surface area contributed by atoms with E-state index in [1.54, 1.807) is 24.3 Å². The lowest BCUT2D eigenvalue weighted by molar-refractivity contribution is -0.141. The minimum Gasteiger partial charge on any atom is -0.267 e. The van der Waals surface area contributed by atoms with Crippen molar-refractivity contribution in [2.75, 3.05) is 0 Å². The van der Waals surface area contributed by atoms with Gasteiger partial charge in [-0.2, -0.15) is 17.7 Å². The summed E-state index contributed by atoms with van der Waals surface area (Å²) in [5.41, 5.74) is 1.55. The number of benzene rings is 2. The van der Waals surface area contributed by atoms with Crippen molar-refractivity contribution in [1.29, 1.82) is 0 Å². The normalized spacial score (nSPS) is 11.8. The standard InChI is InChI=1S/C26H19ClF3N5O2/c1-15-3-6-17(7-4-15)21-22(18-8-10-19(27)11-9-18)24(36)33(2)35-23(21)32-34(25(35)37)14-16-5-12-20(31-13-16)26(28,29)30/h3-13H,14H2,1-2H3. The highest BCUT2D eigenvalue weighted by atomic mass is 35.5. The van der Waals surface area contributed by atoms with E-state index < -0.39 is 23.1 Å². The van der Waals surface area contributed by atoms with Crippen LogP contribution in [0.2, 0.25) is 5.02 Å². The van der Waals surface area contributed by atoms with Gasteiger partial charge in [0.25, 0.3) is 5.56 Å². The molecule has 0 aliphatic heterocycles. The first-order chi connectivity index (χ1) is 17.5. The average molecular weight is 526 g/mol. The fourth-order valence-electron chi connectivity index (χ4n) is 4.14. The fraction of sp³-hybridized carbons (Fsp3) is 0.154. The molecule has 0 spiro atoms. The molecule has 0 N–H and O–H groups in total. The van der Waals surface area contributed by atoms with E-state index in [1.807, 2.05) is 31.2 Å². The Bertz CT molecular complexity index is 1730. The maximum atomic E-state index is 13.6. The summed E-state index contributed by atoms with van der Waals surface area (Å²) < 4.78 is 42.1. The van der Waals surface area contributed by atoms with Gasteiger partial charge in [-0.05, 0) is 41.8 Å². The minimum absolute atomic E-state index is 0.135. The Hall–Kier alpha value is -4.18. The molecule has 3 heterocycles. The minimum atomic E-state index is -4.57. The topological polar surface area (TPSA) is 74.2 Å². The Labute approximate surface area is 213 Å². The fourth-order valence-corrected chi connectivity index (χ4v) is 4.26. The largest absolute Gasteiger partial charge is 0.433 e. The number of pyridine rings is 1. The summed E-state index contributed by atoms with van der Waals surface area (Å²) in [6, 6.07) is 16.3. The van der Waals surface area contributed by atoms with Gasteiger partial charge in [-0.3, -0.25) is 9.78 Å². The zero-order valence-corrected chi connectivity index (χ0v) is 20.4. The van der Waals surface area contributed by atoms with Crippen molar-refractivity contribution in [3.63, 3.8) is 0 Å². The lowest BCUT2D eigenvalue weighted by Crippen LogP contribution is -2.33. The summed E-state index contributed by atoms with van der Waals surface area (Å²) in [6.45, 7) is 1.80. The van der Waals surface area contributed by atoms with E-state index in [-0.39, 0.29) is 12.2 Å². The molecule has 37 heavy (non-hydrogen) atoms. The van der Waals surface area contributed by atoms with Crippen LogP contribution in [0.3, 0.4) is 0 Å². The number of aryl methyl sites for hydroxylation is 2. The van der Waals surface area contributed by atoms with Crippen LogP contribution in [0.15, 0.2) is 76.4 Å². The lowest BCUT2D eigenvalue weighted by Gasteiger charge is -2.13. The van der Waals surface area contributed by atoms with Crippen LogP contribution >= 0.6 is 11.6 Å². The summed E-state index contributed by atoms with van der Waals surface area (Å²) in [6.07, 6.45) is -3.52. The first-order valence-electron chi connectivity index (χ1n) is 11.1. The highest BCUT2D eigenvalue weighted by molar-refractivity contribution is 6.30. The van der Waals surface area contributed by atoms with Crippen molar-refractivity contribution in [2.24, 2.45) is 7.05 Å². The SMILES string of the molecule is Cc1ccc(-c2c(-c3ccc(Cl)cc3)c(=O)n(C)n3c(=O)n(Cc4ccc(C(F)(F)F)nc4)nc23)cc1. The molecule has 0 aliphatic rings. The van der Waals surface area contributed by atoms with Crippen LogP contribution in [0, 0.1) is 6.92 Å². The molecule has 0 amide bonds. The molecular weight excluding hydrogens is 507 g/mol. The van der Waals surface area contributed by atoms with Crippen molar-refractivity contribution in [3.05, 3.63) is 110 Å². The Balaban J connectivity index is 1.75. The molecule has 3 aromatic heterocycles. The Kier molecular flexibility index (Phi) is 5.99. The summed E-state index contributed by atoms with van der Waals surface area (Å²) in [7, 11) is 1.46. The van der Waals surface area contributed by atoms with Gasteiger partial charge in [-0.25, -0.2) is 14.2 Å². The molecule has 2 aromatic carbocycles. The highest BCUT2D eigenvalue weighted by Gasteiger charge is 2.32. The molecule has 0 atom stereocenters. The maximum Gasteiger partial charge on any atom is 0.433 e. The molecule has 5 aromatic rings. The number of alkyl halides is 3. The molecule has 188 valence electrons. The Morgan fingerprint density at radius 3 is 2.11 bits per heavy atom. The van der Waals surface area contributed by atoms with E-state index in [2.05, 4.69) is 10.1 Å². The van der Waals surface area contributed by atoms with Crippen molar-refractivity contribution in [3.8, 4) is 22.3 Å². The number of aromatic nitrogens is 5. The molecule has 11 heteroatoms. The molecule has 0 unspecified atom stereocenters. The van der Waals surface area contributed by atoms with Gasteiger partial charge in [0.15, 0.2) is 5.65 Å². The summed E-state index contributed by atoms with van der Waals surface area (Å²) in [4.78, 5) is 30.4. The second kappa shape index (κ2) is 9.04. The molecule has 0 saturated carbocycles. The van der Waals surface area contributed by atoms with Gasteiger partial charge in [0.05, 0.1) is 12.1 Å². The average Bonchev–Trinajstić information content (AvgIpc) is 3.18. The molecule has 5 rings (SSSR count). The van der Waals surface area contributed by atoms with Crippen LogP contribution in [0.5, 0.6) is 0 Å². The third kappa shape index (κ3) is 4.44.